The minimum atomic E-state index is 0.553. The molecule has 1 heterocycles. The van der Waals surface area contributed by atoms with E-state index in [4.69, 9.17) is 0 Å². The van der Waals surface area contributed by atoms with Crippen molar-refractivity contribution in [2.24, 2.45) is 0 Å². The van der Waals surface area contributed by atoms with Crippen LogP contribution in [0.25, 0.3) is 0 Å². The number of aromatic nitrogens is 2. The highest BCUT2D eigenvalue weighted by Crippen LogP contribution is 2.17. The lowest BCUT2D eigenvalue weighted by molar-refractivity contribution is 0.923. The molecule has 0 amide bonds. The molecule has 1 rings (SSSR count). The lowest BCUT2D eigenvalue weighted by Crippen LogP contribution is -1.92. The zero-order valence-electron chi connectivity index (χ0n) is 7.03. The molecule has 0 unspecified atom stereocenters. The fraction of sp³-hybridized carbons (Fsp3) is 0.500. The molecule has 0 saturated carbocycles. The highest BCUT2D eigenvalue weighted by atomic mass is 32.2. The molecule has 0 aliphatic heterocycles. The maximum atomic E-state index is 4.27. The van der Waals surface area contributed by atoms with Crippen molar-refractivity contribution in [1.29, 1.82) is 0 Å². The number of hydrogen-bond donors (Lipinski definition) is 0. The van der Waals surface area contributed by atoms with Crippen molar-refractivity contribution >= 4 is 11.8 Å². The summed E-state index contributed by atoms with van der Waals surface area (Å²) in [5.74, 6) is 0. The molecular weight excluding hydrogens is 156 g/mol. The van der Waals surface area contributed by atoms with E-state index in [1.54, 1.807) is 18.0 Å². The zero-order chi connectivity index (χ0) is 8.27. The summed E-state index contributed by atoms with van der Waals surface area (Å²) in [5.41, 5.74) is 1.03. The van der Waals surface area contributed by atoms with Crippen molar-refractivity contribution < 1.29 is 0 Å². The molecule has 60 valence electrons. The molecule has 0 bridgehead atoms. The van der Waals surface area contributed by atoms with Gasteiger partial charge >= 0.3 is 0 Å². The summed E-state index contributed by atoms with van der Waals surface area (Å²) in [4.78, 5) is 8.40. The van der Waals surface area contributed by atoms with Crippen LogP contribution in [0.4, 0.5) is 0 Å². The Bertz CT molecular complexity index is 235. The highest BCUT2D eigenvalue weighted by Gasteiger charge is 1.99. The second-order valence-corrected chi connectivity index (χ2v) is 4.19. The van der Waals surface area contributed by atoms with E-state index < -0.39 is 0 Å². The van der Waals surface area contributed by atoms with Gasteiger partial charge in [-0.25, -0.2) is 9.97 Å². The first kappa shape index (κ1) is 8.53. The molecule has 0 aromatic carbocycles. The molecule has 0 spiro atoms. The van der Waals surface area contributed by atoms with Crippen molar-refractivity contribution in [3.05, 3.63) is 18.0 Å². The average Bonchev–Trinajstić information content (AvgIpc) is 1.85. The Labute approximate surface area is 71.5 Å². The summed E-state index contributed by atoms with van der Waals surface area (Å²) in [5, 5.41) is 1.43. The normalized spacial score (nSPS) is 10.5. The monoisotopic (exact) mass is 168 g/mol. The van der Waals surface area contributed by atoms with Gasteiger partial charge < -0.3 is 0 Å². The van der Waals surface area contributed by atoms with E-state index in [0.717, 1.165) is 10.9 Å². The maximum Gasteiger partial charge on any atom is 0.187 e. The van der Waals surface area contributed by atoms with Crippen LogP contribution in [0, 0.1) is 6.92 Å². The lowest BCUT2D eigenvalue weighted by Gasteiger charge is -2.01. The van der Waals surface area contributed by atoms with Crippen molar-refractivity contribution in [3.8, 4) is 0 Å². The number of nitrogens with zero attached hydrogens (tertiary/aromatic N) is 2. The van der Waals surface area contributed by atoms with Gasteiger partial charge in [0, 0.05) is 17.1 Å². The summed E-state index contributed by atoms with van der Waals surface area (Å²) in [6.07, 6.45) is 1.80. The van der Waals surface area contributed by atoms with Crippen LogP contribution in [0.2, 0.25) is 0 Å². The lowest BCUT2D eigenvalue weighted by atomic mass is 10.5. The van der Waals surface area contributed by atoms with Crippen molar-refractivity contribution in [2.75, 3.05) is 0 Å². The number of thioether (sulfide) groups is 1. The molecular formula is C8H12N2S. The second kappa shape index (κ2) is 3.72. The molecule has 0 aliphatic rings. The second-order valence-electron chi connectivity index (χ2n) is 2.65. The summed E-state index contributed by atoms with van der Waals surface area (Å²) in [7, 11) is 0. The molecule has 2 nitrogen and oxygen atoms in total. The van der Waals surface area contributed by atoms with Gasteiger partial charge in [0.2, 0.25) is 0 Å². The van der Waals surface area contributed by atoms with Crippen LogP contribution < -0.4 is 0 Å². The Balaban J connectivity index is 2.71. The standard InChI is InChI=1S/C8H12N2S/c1-6(2)11-8-9-5-4-7(3)10-8/h4-6H,1-3H3. The van der Waals surface area contributed by atoms with Crippen LogP contribution in [-0.4, -0.2) is 15.2 Å². The van der Waals surface area contributed by atoms with Gasteiger partial charge in [-0.05, 0) is 13.0 Å². The smallest absolute Gasteiger partial charge is 0.187 e. The minimum Gasteiger partial charge on any atom is -0.231 e. The largest absolute Gasteiger partial charge is 0.231 e. The van der Waals surface area contributed by atoms with Crippen molar-refractivity contribution in [2.45, 2.75) is 31.2 Å². The first-order valence-corrected chi connectivity index (χ1v) is 4.53. The number of aryl methyl sites for hydroxylation is 1. The predicted molar refractivity (Wildman–Crippen MR) is 47.8 cm³/mol. The Morgan fingerprint density at radius 2 is 2.18 bits per heavy atom. The maximum absolute atomic E-state index is 4.27. The molecule has 0 radical (unpaired) electrons. The van der Waals surface area contributed by atoms with E-state index >= 15 is 0 Å². The molecule has 0 fully saturated rings. The van der Waals surface area contributed by atoms with Crippen molar-refractivity contribution in [3.63, 3.8) is 0 Å². The number of hydrogen-bond acceptors (Lipinski definition) is 3. The molecule has 0 N–H and O–H groups in total. The van der Waals surface area contributed by atoms with Gasteiger partial charge in [0.15, 0.2) is 5.16 Å². The van der Waals surface area contributed by atoms with Crippen LogP contribution in [0.3, 0.4) is 0 Å². The van der Waals surface area contributed by atoms with Gasteiger partial charge in [-0.3, -0.25) is 0 Å². The van der Waals surface area contributed by atoms with E-state index in [1.807, 2.05) is 13.0 Å². The number of rotatable bonds is 2. The molecule has 1 aromatic heterocycles. The third-order valence-electron chi connectivity index (χ3n) is 1.11. The van der Waals surface area contributed by atoms with Crippen LogP contribution in [0.1, 0.15) is 19.5 Å². The van der Waals surface area contributed by atoms with Crippen LogP contribution >= 0.6 is 11.8 Å². The van der Waals surface area contributed by atoms with Crippen molar-refractivity contribution in [1.82, 2.24) is 9.97 Å². The predicted octanol–water partition coefficient (Wildman–Crippen LogP) is 2.29. The topological polar surface area (TPSA) is 25.8 Å². The van der Waals surface area contributed by atoms with Gasteiger partial charge in [0.05, 0.1) is 0 Å². The van der Waals surface area contributed by atoms with E-state index in [2.05, 4.69) is 23.8 Å². The molecule has 0 saturated heterocycles. The van der Waals surface area contributed by atoms with Gasteiger partial charge in [-0.1, -0.05) is 25.6 Å². The molecule has 1 aromatic rings. The van der Waals surface area contributed by atoms with Gasteiger partial charge in [0.25, 0.3) is 0 Å². The molecule has 11 heavy (non-hydrogen) atoms. The van der Waals surface area contributed by atoms with E-state index in [9.17, 15) is 0 Å². The van der Waals surface area contributed by atoms with Gasteiger partial charge in [-0.15, -0.1) is 0 Å². The summed E-state index contributed by atoms with van der Waals surface area (Å²) >= 11 is 1.69. The van der Waals surface area contributed by atoms with Gasteiger partial charge in [0.1, 0.15) is 0 Å². The fourth-order valence-electron chi connectivity index (χ4n) is 0.693. The molecule has 0 atom stereocenters. The Hall–Kier alpha value is -0.570. The Morgan fingerprint density at radius 1 is 1.45 bits per heavy atom. The summed E-state index contributed by atoms with van der Waals surface area (Å²) < 4.78 is 0. The third-order valence-corrected chi connectivity index (χ3v) is 1.99. The Kier molecular flexibility index (Phi) is 2.88. The molecule has 3 heteroatoms. The Morgan fingerprint density at radius 3 is 2.73 bits per heavy atom. The summed E-state index contributed by atoms with van der Waals surface area (Å²) in [6.45, 7) is 6.25. The fourth-order valence-corrected chi connectivity index (χ4v) is 1.43. The van der Waals surface area contributed by atoms with Crippen LogP contribution in [-0.2, 0) is 0 Å². The van der Waals surface area contributed by atoms with E-state index in [1.165, 1.54) is 0 Å². The van der Waals surface area contributed by atoms with Gasteiger partial charge in [-0.2, -0.15) is 0 Å². The minimum absolute atomic E-state index is 0.553. The first-order valence-electron chi connectivity index (χ1n) is 3.65. The van der Waals surface area contributed by atoms with E-state index in [0.29, 0.717) is 5.25 Å². The zero-order valence-corrected chi connectivity index (χ0v) is 7.85. The molecule has 0 aliphatic carbocycles. The van der Waals surface area contributed by atoms with Crippen LogP contribution in [0.15, 0.2) is 17.4 Å². The summed E-state index contributed by atoms with van der Waals surface area (Å²) in [6, 6.07) is 1.91. The first-order chi connectivity index (χ1) is 5.18. The SMILES string of the molecule is Cc1ccnc(SC(C)C)n1. The highest BCUT2D eigenvalue weighted by molar-refractivity contribution is 7.99. The quantitative estimate of drug-likeness (QED) is 0.500. The van der Waals surface area contributed by atoms with Crippen LogP contribution in [0.5, 0.6) is 0 Å². The van der Waals surface area contributed by atoms with E-state index in [-0.39, 0.29) is 0 Å². The third kappa shape index (κ3) is 2.89. The average molecular weight is 168 g/mol.